The Morgan fingerprint density at radius 1 is 1.42 bits per heavy atom. The summed E-state index contributed by atoms with van der Waals surface area (Å²) in [5.74, 6) is 0.779. The maximum atomic E-state index is 5.96. The second-order valence-corrected chi connectivity index (χ2v) is 5.59. The van der Waals surface area contributed by atoms with Crippen LogP contribution in [0.3, 0.4) is 0 Å². The lowest BCUT2D eigenvalue weighted by Gasteiger charge is -2.44. The van der Waals surface area contributed by atoms with Crippen LogP contribution in [0.4, 0.5) is 11.4 Å². The van der Waals surface area contributed by atoms with Crippen molar-refractivity contribution in [1.82, 2.24) is 0 Å². The molecule has 0 atom stereocenters. The van der Waals surface area contributed by atoms with Crippen molar-refractivity contribution in [2.24, 2.45) is 0 Å². The fourth-order valence-corrected chi connectivity index (χ4v) is 2.36. The van der Waals surface area contributed by atoms with Crippen molar-refractivity contribution in [3.63, 3.8) is 0 Å². The Balaban J connectivity index is 2.24. The molecule has 0 bridgehead atoms. The number of anilines is 2. The van der Waals surface area contributed by atoms with E-state index in [9.17, 15) is 0 Å². The molecule has 0 saturated carbocycles. The summed E-state index contributed by atoms with van der Waals surface area (Å²) in [6, 6.07) is 6.02. The van der Waals surface area contributed by atoms with E-state index in [2.05, 4.69) is 31.7 Å². The summed E-state index contributed by atoms with van der Waals surface area (Å²) < 4.78 is 11.3. The summed E-state index contributed by atoms with van der Waals surface area (Å²) in [4.78, 5) is 2.36. The van der Waals surface area contributed by atoms with Gasteiger partial charge in [0.15, 0.2) is 0 Å². The van der Waals surface area contributed by atoms with E-state index >= 15 is 0 Å². The first-order valence-electron chi connectivity index (χ1n) is 6.92. The number of hydrogen-bond donors (Lipinski definition) is 1. The number of hydrogen-bond acceptors (Lipinski definition) is 4. The molecule has 0 amide bonds. The monoisotopic (exact) mass is 264 g/mol. The normalized spacial score (nSPS) is 18.4. The third kappa shape index (κ3) is 3.13. The molecule has 0 spiro atoms. The molecule has 1 aliphatic heterocycles. The highest BCUT2D eigenvalue weighted by molar-refractivity contribution is 5.63. The van der Waals surface area contributed by atoms with Crippen LogP contribution in [0.15, 0.2) is 18.2 Å². The summed E-state index contributed by atoms with van der Waals surface area (Å²) in [6.07, 6.45) is 0.979. The van der Waals surface area contributed by atoms with Crippen LogP contribution in [-0.2, 0) is 4.74 Å². The molecule has 4 heteroatoms. The maximum absolute atomic E-state index is 5.96. The smallest absolute Gasteiger partial charge is 0.144 e. The average molecular weight is 264 g/mol. The number of nitrogens with two attached hydrogens (primary N) is 1. The van der Waals surface area contributed by atoms with Gasteiger partial charge < -0.3 is 20.1 Å². The Bertz CT molecular complexity index is 432. The first-order chi connectivity index (χ1) is 9.04. The highest BCUT2D eigenvalue weighted by Gasteiger charge is 2.30. The van der Waals surface area contributed by atoms with Gasteiger partial charge in [0, 0.05) is 18.3 Å². The molecule has 1 saturated heterocycles. The van der Waals surface area contributed by atoms with E-state index in [1.807, 2.05) is 12.1 Å². The van der Waals surface area contributed by atoms with E-state index in [-0.39, 0.29) is 5.54 Å². The van der Waals surface area contributed by atoms with Gasteiger partial charge in [0.2, 0.25) is 0 Å². The number of ether oxygens (including phenoxy) is 2. The van der Waals surface area contributed by atoms with Crippen molar-refractivity contribution in [3.05, 3.63) is 18.2 Å². The van der Waals surface area contributed by atoms with E-state index in [4.69, 9.17) is 15.2 Å². The van der Waals surface area contributed by atoms with Gasteiger partial charge in [-0.15, -0.1) is 0 Å². The van der Waals surface area contributed by atoms with E-state index in [1.165, 1.54) is 0 Å². The topological polar surface area (TPSA) is 47.7 Å². The van der Waals surface area contributed by atoms with Crippen LogP contribution in [0.25, 0.3) is 0 Å². The molecule has 2 N–H and O–H groups in total. The molecule has 106 valence electrons. The van der Waals surface area contributed by atoms with Gasteiger partial charge in [-0.1, -0.05) is 6.92 Å². The lowest BCUT2D eigenvalue weighted by Crippen LogP contribution is -2.53. The molecule has 19 heavy (non-hydrogen) atoms. The molecule has 0 unspecified atom stereocenters. The summed E-state index contributed by atoms with van der Waals surface area (Å²) in [6.45, 7) is 9.56. The Morgan fingerprint density at radius 2 is 2.21 bits per heavy atom. The van der Waals surface area contributed by atoms with Gasteiger partial charge in [-0.2, -0.15) is 0 Å². The zero-order valence-corrected chi connectivity index (χ0v) is 12.1. The van der Waals surface area contributed by atoms with Crippen molar-refractivity contribution in [2.75, 3.05) is 37.0 Å². The van der Waals surface area contributed by atoms with Crippen molar-refractivity contribution in [2.45, 2.75) is 32.7 Å². The maximum Gasteiger partial charge on any atom is 0.144 e. The third-order valence-corrected chi connectivity index (χ3v) is 3.42. The molecule has 0 aromatic heterocycles. The van der Waals surface area contributed by atoms with Gasteiger partial charge in [-0.05, 0) is 32.4 Å². The average Bonchev–Trinajstić information content (AvgIpc) is 2.38. The van der Waals surface area contributed by atoms with Crippen molar-refractivity contribution < 1.29 is 9.47 Å². The SMILES string of the molecule is CCCOc1cc(N2CCOCC2(C)C)ccc1N. The van der Waals surface area contributed by atoms with Gasteiger partial charge in [-0.25, -0.2) is 0 Å². The van der Waals surface area contributed by atoms with Crippen LogP contribution in [-0.4, -0.2) is 31.9 Å². The molecule has 1 aromatic carbocycles. The quantitative estimate of drug-likeness (QED) is 0.849. The zero-order valence-electron chi connectivity index (χ0n) is 12.1. The molecule has 1 heterocycles. The Hall–Kier alpha value is -1.42. The molecule has 2 rings (SSSR count). The largest absolute Gasteiger partial charge is 0.491 e. The predicted octanol–water partition coefficient (Wildman–Crippen LogP) is 2.67. The minimum Gasteiger partial charge on any atom is -0.491 e. The molecule has 1 aromatic rings. The van der Waals surface area contributed by atoms with Gasteiger partial charge >= 0.3 is 0 Å². The summed E-state index contributed by atoms with van der Waals surface area (Å²) >= 11 is 0. The minimum absolute atomic E-state index is 0.00358. The first-order valence-corrected chi connectivity index (χ1v) is 6.92. The number of morpholine rings is 1. The van der Waals surface area contributed by atoms with Crippen LogP contribution >= 0.6 is 0 Å². The summed E-state index contributed by atoms with van der Waals surface area (Å²) in [5, 5.41) is 0. The Morgan fingerprint density at radius 3 is 2.89 bits per heavy atom. The van der Waals surface area contributed by atoms with E-state index < -0.39 is 0 Å². The highest BCUT2D eigenvalue weighted by atomic mass is 16.5. The summed E-state index contributed by atoms with van der Waals surface area (Å²) in [5.41, 5.74) is 7.80. The number of benzene rings is 1. The predicted molar refractivity (Wildman–Crippen MR) is 78.9 cm³/mol. The number of nitrogens with zero attached hydrogens (tertiary/aromatic N) is 1. The molecule has 0 aliphatic carbocycles. The van der Waals surface area contributed by atoms with Crippen LogP contribution < -0.4 is 15.4 Å². The standard InChI is InChI=1S/C15H24N2O2/c1-4-8-19-14-10-12(5-6-13(14)16)17-7-9-18-11-15(17,2)3/h5-6,10H,4,7-9,11,16H2,1-3H3. The summed E-state index contributed by atoms with van der Waals surface area (Å²) in [7, 11) is 0. The first kappa shape index (κ1) is 14.0. The van der Waals surface area contributed by atoms with E-state index in [0.717, 1.165) is 37.6 Å². The lowest BCUT2D eigenvalue weighted by atomic mass is 10.0. The van der Waals surface area contributed by atoms with Crippen LogP contribution in [0.1, 0.15) is 27.2 Å². The van der Waals surface area contributed by atoms with Crippen LogP contribution in [0.2, 0.25) is 0 Å². The number of nitrogen functional groups attached to an aromatic ring is 1. The molecule has 4 nitrogen and oxygen atoms in total. The van der Waals surface area contributed by atoms with Gasteiger partial charge in [0.05, 0.1) is 31.0 Å². The van der Waals surface area contributed by atoms with Gasteiger partial charge in [0.1, 0.15) is 5.75 Å². The van der Waals surface area contributed by atoms with E-state index in [1.54, 1.807) is 0 Å². The second kappa shape index (κ2) is 5.70. The fraction of sp³-hybridized carbons (Fsp3) is 0.600. The van der Waals surface area contributed by atoms with E-state index in [0.29, 0.717) is 12.3 Å². The third-order valence-electron chi connectivity index (χ3n) is 3.42. The van der Waals surface area contributed by atoms with Gasteiger partial charge in [-0.3, -0.25) is 0 Å². The molecule has 0 radical (unpaired) electrons. The van der Waals surface area contributed by atoms with Crippen LogP contribution in [0, 0.1) is 0 Å². The molecule has 1 aliphatic rings. The Kier molecular flexibility index (Phi) is 4.20. The fourth-order valence-electron chi connectivity index (χ4n) is 2.36. The zero-order chi connectivity index (χ0) is 13.9. The van der Waals surface area contributed by atoms with Crippen molar-refractivity contribution >= 4 is 11.4 Å². The molecular formula is C15H24N2O2. The van der Waals surface area contributed by atoms with Crippen molar-refractivity contribution in [3.8, 4) is 5.75 Å². The minimum atomic E-state index is -0.00358. The van der Waals surface area contributed by atoms with Crippen LogP contribution in [0.5, 0.6) is 5.75 Å². The lowest BCUT2D eigenvalue weighted by molar-refractivity contribution is 0.0644. The highest BCUT2D eigenvalue weighted by Crippen LogP contribution is 2.32. The molecule has 1 fully saturated rings. The molecular weight excluding hydrogens is 240 g/mol. The number of rotatable bonds is 4. The van der Waals surface area contributed by atoms with Crippen molar-refractivity contribution in [1.29, 1.82) is 0 Å². The Labute approximate surface area is 115 Å². The second-order valence-electron chi connectivity index (χ2n) is 5.59. The van der Waals surface area contributed by atoms with Gasteiger partial charge in [0.25, 0.3) is 0 Å².